The highest BCUT2D eigenvalue weighted by Gasteiger charge is 2.44. The number of aliphatic hydroxyl groups is 2. The van der Waals surface area contributed by atoms with Crippen LogP contribution in [-0.4, -0.2) is 79.0 Å². The zero-order chi connectivity index (χ0) is 26.1. The summed E-state index contributed by atoms with van der Waals surface area (Å²) in [5, 5.41) is 19.6. The van der Waals surface area contributed by atoms with Crippen molar-refractivity contribution in [2.24, 2.45) is 11.8 Å². The summed E-state index contributed by atoms with van der Waals surface area (Å²) < 4.78 is 20.8. The first-order chi connectivity index (χ1) is 15.7. The molecule has 1 fully saturated rings. The second kappa shape index (κ2) is 14.3. The number of ether oxygens (including phenoxy) is 1. The molecule has 1 aliphatic heterocycles. The van der Waals surface area contributed by atoms with E-state index in [1.54, 1.807) is 0 Å². The fourth-order valence-corrected chi connectivity index (χ4v) is 3.91. The van der Waals surface area contributed by atoms with Gasteiger partial charge < -0.3 is 29.6 Å². The van der Waals surface area contributed by atoms with Gasteiger partial charge in [0.05, 0.1) is 6.61 Å². The summed E-state index contributed by atoms with van der Waals surface area (Å²) in [6, 6.07) is 1.02. The monoisotopic (exact) mass is 509 g/mol. The molecular weight excluding hydrogens is 469 g/mol. The molecule has 198 valence electrons. The molecule has 0 spiro atoms. The van der Waals surface area contributed by atoms with Gasteiger partial charge in [0.15, 0.2) is 6.23 Å². The number of hydrogen-bond donors (Lipinski definition) is 5. The summed E-state index contributed by atoms with van der Waals surface area (Å²) in [7, 11) is -4.76. The predicted octanol–water partition coefficient (Wildman–Crippen LogP) is 0.666. The largest absolute Gasteiger partial charge is 0.469 e. The zero-order valence-electron chi connectivity index (χ0n) is 20.5. The maximum Gasteiger partial charge on any atom is 0.469 e. The van der Waals surface area contributed by atoms with Crippen molar-refractivity contribution in [3.05, 3.63) is 33.1 Å². The minimum Gasteiger partial charge on any atom is -0.387 e. The lowest BCUT2D eigenvalue weighted by atomic mass is 10.1. The number of hydrogen-bond acceptors (Lipinski definition) is 8. The van der Waals surface area contributed by atoms with Crippen LogP contribution in [0.25, 0.3) is 0 Å². The third kappa shape index (κ3) is 10.9. The summed E-state index contributed by atoms with van der Waals surface area (Å²) in [6.07, 6.45) is -1.93. The molecule has 0 aromatic carbocycles. The number of H-pyrrole nitrogens is 1. The van der Waals surface area contributed by atoms with E-state index in [4.69, 9.17) is 14.5 Å². The molecule has 0 radical (unpaired) electrons. The van der Waals surface area contributed by atoms with Gasteiger partial charge in [-0.15, -0.1) is 0 Å². The predicted molar refractivity (Wildman–Crippen MR) is 126 cm³/mol. The Bertz CT molecular complexity index is 873. The van der Waals surface area contributed by atoms with Gasteiger partial charge in [-0.1, -0.05) is 41.0 Å². The summed E-state index contributed by atoms with van der Waals surface area (Å²) in [4.78, 5) is 44.3. The Morgan fingerprint density at radius 2 is 1.74 bits per heavy atom. The van der Waals surface area contributed by atoms with E-state index in [1.165, 1.54) is 32.5 Å². The molecule has 2 heterocycles. The molecule has 0 aliphatic carbocycles. The van der Waals surface area contributed by atoms with Crippen molar-refractivity contribution in [2.75, 3.05) is 26.2 Å². The van der Waals surface area contributed by atoms with Crippen LogP contribution in [0.1, 0.15) is 53.7 Å². The Labute approximate surface area is 199 Å². The molecule has 0 bridgehead atoms. The Morgan fingerprint density at radius 1 is 1.15 bits per heavy atom. The SMILES string of the molecule is CCCCN(CC(C)C)CC(C)C.O=c1ccn([C@@H]2O[C@H](COP(=O)(O)O)[C@@H](O)[C@H]2O)c(=O)[nH]1. The lowest BCUT2D eigenvalue weighted by Gasteiger charge is -2.25. The average molecular weight is 510 g/mol. The van der Waals surface area contributed by atoms with Gasteiger partial charge in [0.25, 0.3) is 5.56 Å². The molecule has 1 aromatic rings. The van der Waals surface area contributed by atoms with Crippen LogP contribution in [0, 0.1) is 11.8 Å². The molecule has 4 atom stereocenters. The Kier molecular flexibility index (Phi) is 12.9. The molecule has 34 heavy (non-hydrogen) atoms. The van der Waals surface area contributed by atoms with Crippen LogP contribution in [0.3, 0.4) is 0 Å². The number of aliphatic hydroxyl groups excluding tert-OH is 2. The van der Waals surface area contributed by atoms with Crippen molar-refractivity contribution in [1.29, 1.82) is 0 Å². The smallest absolute Gasteiger partial charge is 0.387 e. The van der Waals surface area contributed by atoms with Gasteiger partial charge in [-0.2, -0.15) is 0 Å². The number of aromatic nitrogens is 2. The average Bonchev–Trinajstić information content (AvgIpc) is 2.98. The fraction of sp³-hybridized carbons (Fsp3) is 0.810. The van der Waals surface area contributed by atoms with Crippen molar-refractivity contribution < 1.29 is 33.8 Å². The van der Waals surface area contributed by atoms with Crippen molar-refractivity contribution in [2.45, 2.75) is 72.0 Å². The second-order valence-corrected chi connectivity index (χ2v) is 10.5. The van der Waals surface area contributed by atoms with Gasteiger partial charge >= 0.3 is 13.5 Å². The number of phosphoric ester groups is 1. The highest BCUT2D eigenvalue weighted by atomic mass is 31.2. The van der Waals surface area contributed by atoms with Crippen LogP contribution >= 0.6 is 7.82 Å². The van der Waals surface area contributed by atoms with Crippen LogP contribution in [0.2, 0.25) is 0 Å². The van der Waals surface area contributed by atoms with Gasteiger partial charge in [0.2, 0.25) is 0 Å². The van der Waals surface area contributed by atoms with Gasteiger partial charge in [-0.25, -0.2) is 9.36 Å². The van der Waals surface area contributed by atoms with Gasteiger partial charge in [-0.05, 0) is 24.8 Å². The molecule has 0 unspecified atom stereocenters. The van der Waals surface area contributed by atoms with E-state index < -0.39 is 50.2 Å². The Morgan fingerprint density at radius 3 is 2.21 bits per heavy atom. The third-order valence-corrected chi connectivity index (χ3v) is 5.43. The van der Waals surface area contributed by atoms with Crippen molar-refractivity contribution in [1.82, 2.24) is 14.5 Å². The molecule has 13 heteroatoms. The van der Waals surface area contributed by atoms with E-state index in [9.17, 15) is 24.4 Å². The topological polar surface area (TPSA) is 175 Å². The van der Waals surface area contributed by atoms with Crippen molar-refractivity contribution in [3.63, 3.8) is 0 Å². The standard InChI is InChI=1S/C12H27N.C9H13N2O9P/c1-6-7-8-13(9-11(2)3)10-12(4)5;12-5-1-2-11(9(15)10-5)8-7(14)6(13)4(20-8)3-19-21(16,17)18/h11-12H,6-10H2,1-5H3;1-2,4,6-8,13-14H,3H2,(H,10,12,15)(H2,16,17,18)/t;4-,6-,7-,8-/m.1/s1. The number of phosphoric acid groups is 1. The van der Waals surface area contributed by atoms with Crippen LogP contribution in [-0.2, 0) is 13.8 Å². The van der Waals surface area contributed by atoms with Gasteiger partial charge in [0, 0.05) is 25.4 Å². The number of rotatable bonds is 11. The first-order valence-corrected chi connectivity index (χ1v) is 13.0. The van der Waals surface area contributed by atoms with Crippen molar-refractivity contribution in [3.8, 4) is 0 Å². The van der Waals surface area contributed by atoms with Gasteiger partial charge in [0.1, 0.15) is 18.3 Å². The summed E-state index contributed by atoms with van der Waals surface area (Å²) in [5.41, 5.74) is -1.51. The van der Waals surface area contributed by atoms with Crippen molar-refractivity contribution >= 4 is 7.82 Å². The normalized spacial score (nSPS) is 22.9. The minimum absolute atomic E-state index is 0.648. The van der Waals surface area contributed by atoms with E-state index in [0.717, 1.165) is 28.7 Å². The molecule has 0 saturated carbocycles. The number of unbranched alkanes of at least 4 members (excludes halogenated alkanes) is 1. The second-order valence-electron chi connectivity index (χ2n) is 9.25. The number of nitrogens with one attached hydrogen (secondary N) is 1. The van der Waals surface area contributed by atoms with Crippen LogP contribution in [0.5, 0.6) is 0 Å². The quantitative estimate of drug-likeness (QED) is 0.267. The zero-order valence-corrected chi connectivity index (χ0v) is 21.4. The van der Waals surface area contributed by atoms with E-state index in [-0.39, 0.29) is 0 Å². The van der Waals surface area contributed by atoms with Gasteiger partial charge in [-0.3, -0.25) is 18.9 Å². The lowest BCUT2D eigenvalue weighted by molar-refractivity contribution is -0.0543. The highest BCUT2D eigenvalue weighted by Crippen LogP contribution is 2.38. The van der Waals surface area contributed by atoms with E-state index in [0.29, 0.717) is 0 Å². The molecular formula is C21H40N3O9P. The van der Waals surface area contributed by atoms with E-state index in [2.05, 4.69) is 44.0 Å². The minimum atomic E-state index is -4.76. The van der Waals surface area contributed by atoms with E-state index >= 15 is 0 Å². The van der Waals surface area contributed by atoms with Crippen LogP contribution in [0.4, 0.5) is 0 Å². The van der Waals surface area contributed by atoms with E-state index in [1.807, 2.05) is 4.98 Å². The first kappa shape index (κ1) is 30.7. The molecule has 5 N–H and O–H groups in total. The van der Waals surface area contributed by atoms with Crippen LogP contribution < -0.4 is 11.2 Å². The number of aromatic amines is 1. The Hall–Kier alpha value is -1.37. The third-order valence-electron chi connectivity index (χ3n) is 4.94. The fourth-order valence-electron chi connectivity index (χ4n) is 3.57. The molecule has 0 amide bonds. The maximum atomic E-state index is 11.6. The summed E-state index contributed by atoms with van der Waals surface area (Å²) in [5.74, 6) is 1.60. The summed E-state index contributed by atoms with van der Waals surface area (Å²) >= 11 is 0. The van der Waals surface area contributed by atoms with Crippen LogP contribution in [0.15, 0.2) is 21.9 Å². The lowest BCUT2D eigenvalue weighted by Crippen LogP contribution is -2.37. The molecule has 12 nitrogen and oxygen atoms in total. The highest BCUT2D eigenvalue weighted by molar-refractivity contribution is 7.46. The number of nitrogens with zero attached hydrogens (tertiary/aromatic N) is 2. The molecule has 2 rings (SSSR count). The molecule has 1 saturated heterocycles. The summed E-state index contributed by atoms with van der Waals surface area (Å²) in [6.45, 7) is 14.6. The molecule has 1 aliphatic rings. The molecule has 1 aromatic heterocycles. The maximum absolute atomic E-state index is 11.6. The first-order valence-electron chi connectivity index (χ1n) is 11.5. The Balaban J connectivity index is 0.000000385.